The van der Waals surface area contributed by atoms with Crippen LogP contribution in [-0.2, 0) is 20.6 Å². The van der Waals surface area contributed by atoms with Crippen molar-refractivity contribution in [3.8, 4) is 16.2 Å². The Bertz CT molecular complexity index is 1750. The summed E-state index contributed by atoms with van der Waals surface area (Å²) in [7, 11) is -3.77. The first-order valence-electron chi connectivity index (χ1n) is 14.0. The summed E-state index contributed by atoms with van der Waals surface area (Å²) < 4.78 is 35.5. The summed E-state index contributed by atoms with van der Waals surface area (Å²) in [6.45, 7) is 2.88. The molecular weight excluding hydrogens is 666 g/mol. The van der Waals surface area contributed by atoms with Gasteiger partial charge in [-0.25, -0.2) is 13.2 Å². The Morgan fingerprint density at radius 3 is 2.45 bits per heavy atom. The number of nitrogens with zero attached hydrogens (tertiary/aromatic N) is 1. The van der Waals surface area contributed by atoms with Gasteiger partial charge in [0.15, 0.2) is 17.2 Å². The van der Waals surface area contributed by atoms with E-state index in [1.165, 1.54) is 4.31 Å². The van der Waals surface area contributed by atoms with Crippen LogP contribution in [0.25, 0.3) is 10.4 Å². The molecule has 1 saturated heterocycles. The van der Waals surface area contributed by atoms with E-state index in [1.54, 1.807) is 48.5 Å². The second-order valence-corrected chi connectivity index (χ2v) is 14.1. The maximum atomic E-state index is 13.9. The molecule has 0 saturated carbocycles. The summed E-state index contributed by atoms with van der Waals surface area (Å²) in [5, 5.41) is 16.0. The second kappa shape index (κ2) is 13.9. The lowest BCUT2D eigenvalue weighted by Crippen LogP contribution is -2.46. The van der Waals surface area contributed by atoms with Gasteiger partial charge in [0.05, 0.1) is 20.8 Å². The number of carbonyl (C=O) groups is 2. The fourth-order valence-electron chi connectivity index (χ4n) is 5.17. The lowest BCUT2D eigenvalue weighted by atomic mass is 10.1. The number of carboxylic acids is 1. The van der Waals surface area contributed by atoms with Crippen molar-refractivity contribution in [2.75, 3.05) is 29.3 Å². The molecule has 9 nitrogen and oxygen atoms in total. The molecule has 1 aromatic heterocycles. The number of carboxylic acid groups (broad SMARTS) is 1. The van der Waals surface area contributed by atoms with Gasteiger partial charge in [-0.2, -0.15) is 0 Å². The minimum atomic E-state index is -3.77. The number of hydrogen-bond acceptors (Lipinski definition) is 7. The molecule has 1 aliphatic rings. The number of sulfonamides is 1. The third-order valence-electron chi connectivity index (χ3n) is 7.26. The van der Waals surface area contributed by atoms with E-state index in [2.05, 4.69) is 26.6 Å². The van der Waals surface area contributed by atoms with Gasteiger partial charge < -0.3 is 20.5 Å². The molecular formula is C32H32BrN3O6S2. The van der Waals surface area contributed by atoms with Crippen molar-refractivity contribution in [1.29, 1.82) is 0 Å². The molecule has 44 heavy (non-hydrogen) atoms. The molecule has 4 aromatic rings. The van der Waals surface area contributed by atoms with Crippen molar-refractivity contribution >= 4 is 60.5 Å². The Morgan fingerprint density at radius 2 is 1.75 bits per heavy atom. The molecule has 1 fully saturated rings. The highest BCUT2D eigenvalue weighted by Crippen LogP contribution is 2.46. The zero-order valence-electron chi connectivity index (χ0n) is 24.0. The average Bonchev–Trinajstić information content (AvgIpc) is 3.34. The topological polar surface area (TPSA) is 125 Å². The number of rotatable bonds is 11. The van der Waals surface area contributed by atoms with E-state index >= 15 is 0 Å². The Hall–Kier alpha value is -3.71. The van der Waals surface area contributed by atoms with E-state index in [4.69, 9.17) is 4.74 Å². The summed E-state index contributed by atoms with van der Waals surface area (Å²) in [6, 6.07) is 23.3. The summed E-state index contributed by atoms with van der Waals surface area (Å²) >= 11 is 4.50. The molecule has 1 amide bonds. The Morgan fingerprint density at radius 1 is 1.05 bits per heavy atom. The number of para-hydroxylation sites is 1. The Kier molecular flexibility index (Phi) is 10.0. The molecule has 12 heteroatoms. The number of hydrogen-bond donors (Lipinski definition) is 3. The molecule has 230 valence electrons. The number of benzene rings is 3. The first-order chi connectivity index (χ1) is 21.1. The molecule has 3 aromatic carbocycles. The summed E-state index contributed by atoms with van der Waals surface area (Å²) in [4.78, 5) is 25.3. The number of carbonyl (C=O) groups excluding carboxylic acids is 1. The second-order valence-electron chi connectivity index (χ2n) is 10.4. The van der Waals surface area contributed by atoms with E-state index in [9.17, 15) is 23.1 Å². The standard InChI is InChI=1S/C32H32BrN3O6S2/c1-21-8-5-6-13-26(21)35-27(37)19-42-29-28(33)30(43-31(29)32(38)39)23-11-7-12-25(18-23)36(24-14-16-34-17-15-24)44(40,41)20-22-9-3-2-4-10-22/h2-13,18,24,34H,14-17,19-20H2,1H3,(H,35,37)(H,38,39). The highest BCUT2D eigenvalue weighted by atomic mass is 79.9. The molecule has 1 aliphatic heterocycles. The molecule has 0 spiro atoms. The number of amides is 1. The number of piperidine rings is 1. The summed E-state index contributed by atoms with van der Waals surface area (Å²) in [5.41, 5.74) is 3.35. The fraction of sp³-hybridized carbons (Fsp3) is 0.250. The van der Waals surface area contributed by atoms with Crippen LogP contribution in [0.1, 0.15) is 33.6 Å². The molecule has 0 radical (unpaired) electrons. The van der Waals surface area contributed by atoms with Crippen LogP contribution in [-0.4, -0.2) is 51.1 Å². The Balaban J connectivity index is 1.45. The van der Waals surface area contributed by atoms with Crippen molar-refractivity contribution in [1.82, 2.24) is 5.32 Å². The van der Waals surface area contributed by atoms with E-state index in [0.29, 0.717) is 57.8 Å². The van der Waals surface area contributed by atoms with Gasteiger partial charge in [-0.05, 0) is 83.7 Å². The van der Waals surface area contributed by atoms with Gasteiger partial charge in [0.1, 0.15) is 0 Å². The minimum Gasteiger partial charge on any atom is -0.481 e. The lowest BCUT2D eigenvalue weighted by molar-refractivity contribution is -0.118. The van der Waals surface area contributed by atoms with Gasteiger partial charge in [0, 0.05) is 11.7 Å². The van der Waals surface area contributed by atoms with Crippen LogP contribution in [0.3, 0.4) is 0 Å². The van der Waals surface area contributed by atoms with Crippen molar-refractivity contribution in [2.24, 2.45) is 0 Å². The van der Waals surface area contributed by atoms with Crippen molar-refractivity contribution in [3.05, 3.63) is 99.3 Å². The number of aryl methyl sites for hydroxylation is 1. The molecule has 3 N–H and O–H groups in total. The molecule has 0 atom stereocenters. The van der Waals surface area contributed by atoms with E-state index in [-0.39, 0.29) is 22.4 Å². The van der Waals surface area contributed by atoms with Crippen molar-refractivity contribution in [3.63, 3.8) is 0 Å². The number of aromatic carboxylic acids is 1. The minimum absolute atomic E-state index is 0.0368. The number of halogens is 1. The maximum absolute atomic E-state index is 13.9. The van der Waals surface area contributed by atoms with Crippen LogP contribution >= 0.6 is 27.3 Å². The SMILES string of the molecule is Cc1ccccc1NC(=O)COc1c(C(=O)O)sc(-c2cccc(N(C3CCNCC3)S(=O)(=O)Cc3ccccc3)c2)c1Br. The van der Waals surface area contributed by atoms with Gasteiger partial charge >= 0.3 is 5.97 Å². The average molecular weight is 699 g/mol. The van der Waals surface area contributed by atoms with Crippen LogP contribution in [0.5, 0.6) is 5.75 Å². The predicted molar refractivity (Wildman–Crippen MR) is 177 cm³/mol. The molecule has 0 aliphatic carbocycles. The largest absolute Gasteiger partial charge is 0.481 e. The van der Waals surface area contributed by atoms with Crippen LogP contribution < -0.4 is 19.7 Å². The third-order valence-corrected chi connectivity index (χ3v) is 11.3. The highest BCUT2D eigenvalue weighted by molar-refractivity contribution is 9.10. The molecule has 0 bridgehead atoms. The zero-order valence-corrected chi connectivity index (χ0v) is 27.2. The first kappa shape index (κ1) is 31.7. The first-order valence-corrected chi connectivity index (χ1v) is 17.3. The Labute approximate surface area is 269 Å². The van der Waals surface area contributed by atoms with E-state index < -0.39 is 28.5 Å². The zero-order chi connectivity index (χ0) is 31.3. The smallest absolute Gasteiger partial charge is 0.349 e. The van der Waals surface area contributed by atoms with Gasteiger partial charge in [-0.1, -0.05) is 60.7 Å². The highest BCUT2D eigenvalue weighted by Gasteiger charge is 2.32. The van der Waals surface area contributed by atoms with Gasteiger partial charge in [-0.15, -0.1) is 11.3 Å². The number of nitrogens with one attached hydrogen (secondary N) is 2. The predicted octanol–water partition coefficient (Wildman–Crippen LogP) is 6.29. The molecule has 5 rings (SSSR count). The number of thiophene rings is 1. The number of anilines is 2. The summed E-state index contributed by atoms with van der Waals surface area (Å²) in [6.07, 6.45) is 1.32. The lowest BCUT2D eigenvalue weighted by Gasteiger charge is -2.35. The van der Waals surface area contributed by atoms with E-state index in [0.717, 1.165) is 16.9 Å². The van der Waals surface area contributed by atoms with Gasteiger partial charge in [0.2, 0.25) is 10.0 Å². The molecule has 0 unspecified atom stereocenters. The van der Waals surface area contributed by atoms with Gasteiger partial charge in [-0.3, -0.25) is 9.10 Å². The number of ether oxygens (including phenoxy) is 1. The van der Waals surface area contributed by atoms with E-state index in [1.807, 2.05) is 37.3 Å². The quantitative estimate of drug-likeness (QED) is 0.168. The monoisotopic (exact) mass is 697 g/mol. The maximum Gasteiger partial charge on any atom is 0.349 e. The molecule has 2 heterocycles. The van der Waals surface area contributed by atoms with Crippen molar-refractivity contribution in [2.45, 2.75) is 31.6 Å². The third kappa shape index (κ3) is 7.32. The van der Waals surface area contributed by atoms with Crippen LogP contribution in [0.2, 0.25) is 0 Å². The van der Waals surface area contributed by atoms with Gasteiger partial charge in [0.25, 0.3) is 5.91 Å². The fourth-order valence-corrected chi connectivity index (χ4v) is 8.91. The van der Waals surface area contributed by atoms with Crippen LogP contribution in [0.4, 0.5) is 11.4 Å². The van der Waals surface area contributed by atoms with Crippen LogP contribution in [0, 0.1) is 6.92 Å². The van der Waals surface area contributed by atoms with Crippen LogP contribution in [0.15, 0.2) is 83.3 Å². The summed E-state index contributed by atoms with van der Waals surface area (Å²) in [5.74, 6) is -1.74. The normalized spacial score (nSPS) is 13.8. The van der Waals surface area contributed by atoms with Crippen molar-refractivity contribution < 1.29 is 27.9 Å².